The molecule has 0 aromatic carbocycles. The van der Waals surface area contributed by atoms with Gasteiger partial charge in [0.1, 0.15) is 0 Å². The predicted octanol–water partition coefficient (Wildman–Crippen LogP) is 1.66. The van der Waals surface area contributed by atoms with Crippen LogP contribution in [0.25, 0.3) is 0 Å². The summed E-state index contributed by atoms with van der Waals surface area (Å²) in [6, 6.07) is 1.78. The monoisotopic (exact) mass is 318 g/mol. The summed E-state index contributed by atoms with van der Waals surface area (Å²) >= 11 is 1.49. The van der Waals surface area contributed by atoms with Crippen LogP contribution in [0.2, 0.25) is 0 Å². The van der Waals surface area contributed by atoms with Crippen LogP contribution >= 0.6 is 11.3 Å². The van der Waals surface area contributed by atoms with Crippen molar-refractivity contribution in [2.45, 2.75) is 37.3 Å². The van der Waals surface area contributed by atoms with Gasteiger partial charge in [-0.3, -0.25) is 0 Å². The average Bonchev–Trinajstić information content (AvgIpc) is 3.08. The van der Waals surface area contributed by atoms with Gasteiger partial charge in [-0.25, -0.2) is 8.42 Å². The van der Waals surface area contributed by atoms with Gasteiger partial charge in [0, 0.05) is 37.0 Å². The van der Waals surface area contributed by atoms with Crippen LogP contribution < -0.4 is 5.32 Å². The molecular weight excluding hydrogens is 296 g/mol. The third kappa shape index (κ3) is 3.59. The maximum Gasteiger partial charge on any atom is 0.243 e. The smallest absolute Gasteiger partial charge is 0.243 e. The molecule has 0 radical (unpaired) electrons. The highest BCUT2D eigenvalue weighted by molar-refractivity contribution is 7.89. The Kier molecular flexibility index (Phi) is 5.57. The van der Waals surface area contributed by atoms with Gasteiger partial charge < -0.3 is 10.1 Å². The normalized spacial score (nSPS) is 20.6. The molecule has 1 N–H and O–H groups in total. The van der Waals surface area contributed by atoms with Gasteiger partial charge in [-0.1, -0.05) is 6.92 Å². The Bertz CT molecular complexity index is 527. The number of methoxy groups -OCH3 is 1. The Morgan fingerprint density at radius 3 is 3.00 bits per heavy atom. The van der Waals surface area contributed by atoms with E-state index in [1.807, 2.05) is 0 Å². The summed E-state index contributed by atoms with van der Waals surface area (Å²) in [7, 11) is -1.73. The summed E-state index contributed by atoms with van der Waals surface area (Å²) < 4.78 is 31.7. The van der Waals surface area contributed by atoms with Crippen LogP contribution in [0.3, 0.4) is 0 Å². The molecular formula is C13H22N2O3S2. The number of thiophene rings is 1. The Hall–Kier alpha value is -0.470. The standard InChI is InChI=1S/C13H22N2O3S2/c1-3-5-14-8-12-7-13(10-19-12)20(16,17)15-6-4-11(9-15)18-2/h7,10-11,14H,3-6,8-9H2,1-2H3. The van der Waals surface area contributed by atoms with Gasteiger partial charge in [-0.05, 0) is 25.5 Å². The highest BCUT2D eigenvalue weighted by atomic mass is 32.2. The fraction of sp³-hybridized carbons (Fsp3) is 0.692. The topological polar surface area (TPSA) is 58.6 Å². The third-order valence-corrected chi connectivity index (χ3v) is 6.36. The van der Waals surface area contributed by atoms with E-state index in [1.165, 1.54) is 15.6 Å². The van der Waals surface area contributed by atoms with Crippen LogP contribution in [-0.4, -0.2) is 45.6 Å². The number of nitrogens with one attached hydrogen (secondary N) is 1. The largest absolute Gasteiger partial charge is 0.380 e. The number of sulfonamides is 1. The summed E-state index contributed by atoms with van der Waals surface area (Å²) in [5, 5.41) is 5.02. The lowest BCUT2D eigenvalue weighted by Crippen LogP contribution is -2.29. The minimum Gasteiger partial charge on any atom is -0.380 e. The lowest BCUT2D eigenvalue weighted by atomic mass is 10.3. The van der Waals surface area contributed by atoms with E-state index in [-0.39, 0.29) is 6.10 Å². The van der Waals surface area contributed by atoms with E-state index in [1.54, 1.807) is 18.6 Å². The second-order valence-corrected chi connectivity index (χ2v) is 7.87. The van der Waals surface area contributed by atoms with Crippen LogP contribution in [0.15, 0.2) is 16.3 Å². The number of hydrogen-bond acceptors (Lipinski definition) is 5. The van der Waals surface area contributed by atoms with E-state index in [0.717, 1.165) is 30.8 Å². The molecule has 1 aromatic rings. The van der Waals surface area contributed by atoms with Crippen molar-refractivity contribution in [2.75, 3.05) is 26.7 Å². The zero-order chi connectivity index (χ0) is 14.6. The molecule has 1 atom stereocenters. The molecule has 0 aliphatic carbocycles. The second kappa shape index (κ2) is 7.00. The fourth-order valence-electron chi connectivity index (χ4n) is 2.23. The number of hydrogen-bond donors (Lipinski definition) is 1. The summed E-state index contributed by atoms with van der Waals surface area (Å²) in [5.74, 6) is 0. The first-order chi connectivity index (χ1) is 9.57. The zero-order valence-corrected chi connectivity index (χ0v) is 13.6. The van der Waals surface area contributed by atoms with Crippen molar-refractivity contribution >= 4 is 21.4 Å². The molecule has 1 unspecified atom stereocenters. The van der Waals surface area contributed by atoms with Crippen molar-refractivity contribution in [1.82, 2.24) is 9.62 Å². The van der Waals surface area contributed by atoms with Crippen LogP contribution in [0.4, 0.5) is 0 Å². The first kappa shape index (κ1) is 15.9. The number of nitrogens with zero attached hydrogens (tertiary/aromatic N) is 1. The average molecular weight is 318 g/mol. The van der Waals surface area contributed by atoms with Crippen molar-refractivity contribution in [2.24, 2.45) is 0 Å². The summed E-state index contributed by atoms with van der Waals surface area (Å²) in [6.45, 7) is 4.78. The van der Waals surface area contributed by atoms with E-state index in [0.29, 0.717) is 18.0 Å². The maximum atomic E-state index is 12.5. The van der Waals surface area contributed by atoms with Gasteiger partial charge in [-0.2, -0.15) is 4.31 Å². The van der Waals surface area contributed by atoms with Crippen LogP contribution in [0.1, 0.15) is 24.6 Å². The lowest BCUT2D eigenvalue weighted by Gasteiger charge is -2.15. The molecule has 0 spiro atoms. The Labute approximate surface area is 125 Å². The molecule has 1 fully saturated rings. The van der Waals surface area contributed by atoms with E-state index in [4.69, 9.17) is 4.74 Å². The molecule has 2 rings (SSSR count). The SMILES string of the molecule is CCCNCc1cc(S(=O)(=O)N2CCC(OC)C2)cs1. The van der Waals surface area contributed by atoms with Crippen LogP contribution in [-0.2, 0) is 21.3 Å². The van der Waals surface area contributed by atoms with Crippen LogP contribution in [0.5, 0.6) is 0 Å². The summed E-state index contributed by atoms with van der Waals surface area (Å²) in [5.41, 5.74) is 0. The van der Waals surface area contributed by atoms with Gasteiger partial charge in [0.15, 0.2) is 0 Å². The maximum absolute atomic E-state index is 12.5. The van der Waals surface area contributed by atoms with Crippen molar-refractivity contribution in [3.63, 3.8) is 0 Å². The molecule has 0 saturated carbocycles. The number of ether oxygens (including phenoxy) is 1. The van der Waals surface area contributed by atoms with Gasteiger partial charge >= 0.3 is 0 Å². The Morgan fingerprint density at radius 1 is 1.55 bits per heavy atom. The fourth-order valence-corrected chi connectivity index (χ4v) is 4.95. The van der Waals surface area contributed by atoms with Crippen molar-refractivity contribution in [3.05, 3.63) is 16.3 Å². The molecule has 1 aliphatic heterocycles. The quantitative estimate of drug-likeness (QED) is 0.777. The highest BCUT2D eigenvalue weighted by Crippen LogP contribution is 2.26. The molecule has 114 valence electrons. The van der Waals surface area contributed by atoms with Crippen molar-refractivity contribution in [1.29, 1.82) is 0 Å². The molecule has 1 saturated heterocycles. The summed E-state index contributed by atoms with van der Waals surface area (Å²) in [4.78, 5) is 1.46. The Balaban J connectivity index is 2.03. The lowest BCUT2D eigenvalue weighted by molar-refractivity contribution is 0.115. The molecule has 0 amide bonds. The van der Waals surface area contributed by atoms with Crippen LogP contribution in [0, 0.1) is 0 Å². The van der Waals surface area contributed by atoms with Gasteiger partial charge in [-0.15, -0.1) is 11.3 Å². The zero-order valence-electron chi connectivity index (χ0n) is 12.0. The van der Waals surface area contributed by atoms with E-state index in [2.05, 4.69) is 12.2 Å². The van der Waals surface area contributed by atoms with E-state index < -0.39 is 10.0 Å². The van der Waals surface area contributed by atoms with E-state index >= 15 is 0 Å². The number of rotatable bonds is 7. The van der Waals surface area contributed by atoms with Gasteiger partial charge in [0.2, 0.25) is 10.0 Å². The Morgan fingerprint density at radius 2 is 2.35 bits per heavy atom. The molecule has 7 heteroatoms. The van der Waals surface area contributed by atoms with Gasteiger partial charge in [0.05, 0.1) is 11.0 Å². The van der Waals surface area contributed by atoms with E-state index in [9.17, 15) is 8.42 Å². The predicted molar refractivity (Wildman–Crippen MR) is 80.5 cm³/mol. The minimum atomic E-state index is -3.36. The van der Waals surface area contributed by atoms with Crippen molar-refractivity contribution in [3.8, 4) is 0 Å². The highest BCUT2D eigenvalue weighted by Gasteiger charge is 2.33. The molecule has 5 nitrogen and oxygen atoms in total. The molecule has 1 aromatic heterocycles. The molecule has 0 bridgehead atoms. The minimum absolute atomic E-state index is 0.0223. The van der Waals surface area contributed by atoms with Crippen molar-refractivity contribution < 1.29 is 13.2 Å². The third-order valence-electron chi connectivity index (χ3n) is 3.43. The molecule has 2 heterocycles. The summed E-state index contributed by atoms with van der Waals surface area (Å²) in [6.07, 6.45) is 1.86. The second-order valence-electron chi connectivity index (χ2n) is 4.93. The molecule has 1 aliphatic rings. The van der Waals surface area contributed by atoms with Gasteiger partial charge in [0.25, 0.3) is 0 Å². The first-order valence-corrected chi connectivity index (χ1v) is 9.21. The first-order valence-electron chi connectivity index (χ1n) is 6.89. The molecule has 20 heavy (non-hydrogen) atoms.